The van der Waals surface area contributed by atoms with Crippen molar-refractivity contribution in [2.24, 2.45) is 0 Å². The van der Waals surface area contributed by atoms with Crippen LogP contribution in [-0.4, -0.2) is 36.9 Å². The summed E-state index contributed by atoms with van der Waals surface area (Å²) in [7, 11) is 0. The maximum absolute atomic E-state index is 11.1. The van der Waals surface area contributed by atoms with E-state index < -0.39 is 0 Å². The number of hydrogen-bond acceptors (Lipinski definition) is 3. The minimum absolute atomic E-state index is 0.405. The molecule has 0 amide bonds. The van der Waals surface area contributed by atoms with Gasteiger partial charge in [-0.2, -0.15) is 0 Å². The second-order valence-corrected chi connectivity index (χ2v) is 5.33. The first-order valence-electron chi connectivity index (χ1n) is 6.86. The van der Waals surface area contributed by atoms with E-state index >= 15 is 0 Å². The van der Waals surface area contributed by atoms with Gasteiger partial charge in [-0.1, -0.05) is 11.6 Å². The maximum atomic E-state index is 11.1. The molecule has 2 rings (SSSR count). The van der Waals surface area contributed by atoms with Gasteiger partial charge in [0.25, 0.3) is 0 Å². The fourth-order valence-corrected chi connectivity index (χ4v) is 2.31. The molecule has 4 heteroatoms. The van der Waals surface area contributed by atoms with Gasteiger partial charge in [-0.3, -0.25) is 4.79 Å². The van der Waals surface area contributed by atoms with Gasteiger partial charge in [0.1, 0.15) is 11.5 Å². The lowest BCUT2D eigenvalue weighted by molar-refractivity contribution is -0.121. The highest BCUT2D eigenvalue weighted by molar-refractivity contribution is 6.30. The number of piperidine rings is 1. The summed E-state index contributed by atoms with van der Waals surface area (Å²) in [5, 5.41) is 0.729. The van der Waals surface area contributed by atoms with Crippen LogP contribution in [0.2, 0.25) is 5.02 Å². The summed E-state index contributed by atoms with van der Waals surface area (Å²) in [4.78, 5) is 13.5. The van der Waals surface area contributed by atoms with E-state index in [1.54, 1.807) is 0 Å². The number of hydrogen-bond donors (Lipinski definition) is 0. The van der Waals surface area contributed by atoms with Gasteiger partial charge in [-0.15, -0.1) is 0 Å². The Hall–Kier alpha value is -1.06. The van der Waals surface area contributed by atoms with Gasteiger partial charge in [0.15, 0.2) is 0 Å². The molecular weight excluding hydrogens is 262 g/mol. The Kier molecular flexibility index (Phi) is 5.67. The van der Waals surface area contributed by atoms with Crippen molar-refractivity contribution in [3.05, 3.63) is 29.3 Å². The molecule has 0 unspecified atom stereocenters. The van der Waals surface area contributed by atoms with Crippen LogP contribution < -0.4 is 4.74 Å². The monoisotopic (exact) mass is 281 g/mol. The van der Waals surface area contributed by atoms with Crippen molar-refractivity contribution in [1.29, 1.82) is 0 Å². The van der Waals surface area contributed by atoms with Gasteiger partial charge in [0.2, 0.25) is 0 Å². The molecular formula is C15H20ClNO2. The predicted octanol–water partition coefficient (Wildman–Crippen LogP) is 3.16. The molecule has 1 aromatic rings. The van der Waals surface area contributed by atoms with Crippen molar-refractivity contribution in [3.8, 4) is 5.75 Å². The number of benzene rings is 1. The molecule has 104 valence electrons. The van der Waals surface area contributed by atoms with Gasteiger partial charge < -0.3 is 9.64 Å². The first kappa shape index (κ1) is 14.4. The summed E-state index contributed by atoms with van der Waals surface area (Å²) in [6, 6.07) is 7.44. The average molecular weight is 282 g/mol. The number of halogens is 1. The number of ether oxygens (including phenoxy) is 1. The predicted molar refractivity (Wildman–Crippen MR) is 76.9 cm³/mol. The third-order valence-electron chi connectivity index (χ3n) is 3.36. The van der Waals surface area contributed by atoms with E-state index in [0.717, 1.165) is 62.7 Å². The lowest BCUT2D eigenvalue weighted by Crippen LogP contribution is -2.34. The molecule has 1 fully saturated rings. The highest BCUT2D eigenvalue weighted by Crippen LogP contribution is 2.15. The fourth-order valence-electron chi connectivity index (χ4n) is 2.18. The molecule has 3 nitrogen and oxygen atoms in total. The molecule has 0 aliphatic carbocycles. The van der Waals surface area contributed by atoms with Crippen LogP contribution in [0.1, 0.15) is 25.7 Å². The van der Waals surface area contributed by atoms with Crippen molar-refractivity contribution in [2.75, 3.05) is 26.2 Å². The number of Topliss-reactive ketones (excluding diaryl/α,β-unsaturated/α-hetero) is 1. The number of ketones is 1. The van der Waals surface area contributed by atoms with Crippen LogP contribution in [0.5, 0.6) is 5.75 Å². The van der Waals surface area contributed by atoms with Crippen LogP contribution in [0, 0.1) is 0 Å². The Morgan fingerprint density at radius 1 is 1.11 bits per heavy atom. The lowest BCUT2D eigenvalue weighted by Gasteiger charge is -2.25. The van der Waals surface area contributed by atoms with Crippen LogP contribution in [-0.2, 0) is 4.79 Å². The minimum atomic E-state index is 0.405. The van der Waals surface area contributed by atoms with Gasteiger partial charge in [0, 0.05) is 31.0 Å². The zero-order valence-corrected chi connectivity index (χ0v) is 11.9. The molecule has 0 spiro atoms. The van der Waals surface area contributed by atoms with E-state index in [-0.39, 0.29) is 0 Å². The van der Waals surface area contributed by atoms with Crippen molar-refractivity contribution < 1.29 is 9.53 Å². The van der Waals surface area contributed by atoms with Crippen molar-refractivity contribution in [2.45, 2.75) is 25.7 Å². The van der Waals surface area contributed by atoms with Crippen molar-refractivity contribution >= 4 is 17.4 Å². The zero-order valence-electron chi connectivity index (χ0n) is 11.1. The molecule has 1 aromatic carbocycles. The standard InChI is InChI=1S/C15H20ClNO2/c16-13-3-5-15(6-4-13)19-12-2-1-9-17-10-7-14(18)8-11-17/h3-6H,1-2,7-12H2. The lowest BCUT2D eigenvalue weighted by atomic mass is 10.1. The Balaban J connectivity index is 1.55. The first-order chi connectivity index (χ1) is 9.24. The maximum Gasteiger partial charge on any atom is 0.135 e. The number of likely N-dealkylation sites (tertiary alicyclic amines) is 1. The number of carbonyl (C=O) groups excluding carboxylic acids is 1. The summed E-state index contributed by atoms with van der Waals surface area (Å²) >= 11 is 5.81. The summed E-state index contributed by atoms with van der Waals surface area (Å²) < 4.78 is 5.64. The number of unbranched alkanes of at least 4 members (excludes halogenated alkanes) is 1. The van der Waals surface area contributed by atoms with Gasteiger partial charge in [0.05, 0.1) is 6.61 Å². The molecule has 0 atom stereocenters. The van der Waals surface area contributed by atoms with Gasteiger partial charge >= 0.3 is 0 Å². The van der Waals surface area contributed by atoms with E-state index in [4.69, 9.17) is 16.3 Å². The van der Waals surface area contributed by atoms with Crippen LogP contribution in [0.15, 0.2) is 24.3 Å². The molecule has 0 saturated carbocycles. The molecule has 0 aromatic heterocycles. The van der Waals surface area contributed by atoms with E-state index in [2.05, 4.69) is 4.90 Å². The second kappa shape index (κ2) is 7.51. The first-order valence-corrected chi connectivity index (χ1v) is 7.24. The van der Waals surface area contributed by atoms with Crippen LogP contribution >= 0.6 is 11.6 Å². The summed E-state index contributed by atoms with van der Waals surface area (Å²) in [5.74, 6) is 1.27. The van der Waals surface area contributed by atoms with E-state index in [9.17, 15) is 4.79 Å². The quantitative estimate of drug-likeness (QED) is 0.750. The SMILES string of the molecule is O=C1CCN(CCCCOc2ccc(Cl)cc2)CC1. The van der Waals surface area contributed by atoms with Gasteiger partial charge in [-0.05, 0) is 43.7 Å². The fraction of sp³-hybridized carbons (Fsp3) is 0.533. The van der Waals surface area contributed by atoms with E-state index in [1.807, 2.05) is 24.3 Å². The number of nitrogens with zero attached hydrogens (tertiary/aromatic N) is 1. The highest BCUT2D eigenvalue weighted by atomic mass is 35.5. The second-order valence-electron chi connectivity index (χ2n) is 4.89. The number of rotatable bonds is 6. The summed E-state index contributed by atoms with van der Waals surface area (Å²) in [5.41, 5.74) is 0. The Morgan fingerprint density at radius 2 is 1.79 bits per heavy atom. The third kappa shape index (κ3) is 5.21. The number of carbonyl (C=O) groups is 1. The Bertz CT molecular complexity index is 395. The summed E-state index contributed by atoms with van der Waals surface area (Å²) in [6.45, 7) is 3.65. The molecule has 0 bridgehead atoms. The molecule has 1 aliphatic heterocycles. The Morgan fingerprint density at radius 3 is 2.47 bits per heavy atom. The van der Waals surface area contributed by atoms with Crippen LogP contribution in [0.4, 0.5) is 0 Å². The molecule has 1 heterocycles. The van der Waals surface area contributed by atoms with E-state index in [0.29, 0.717) is 5.78 Å². The Labute approximate surface area is 119 Å². The topological polar surface area (TPSA) is 29.5 Å². The minimum Gasteiger partial charge on any atom is -0.494 e. The van der Waals surface area contributed by atoms with Crippen LogP contribution in [0.25, 0.3) is 0 Å². The van der Waals surface area contributed by atoms with Crippen molar-refractivity contribution in [1.82, 2.24) is 4.90 Å². The molecule has 1 aliphatic rings. The molecule has 19 heavy (non-hydrogen) atoms. The molecule has 1 saturated heterocycles. The largest absolute Gasteiger partial charge is 0.494 e. The van der Waals surface area contributed by atoms with Gasteiger partial charge in [-0.25, -0.2) is 0 Å². The smallest absolute Gasteiger partial charge is 0.135 e. The van der Waals surface area contributed by atoms with E-state index in [1.165, 1.54) is 0 Å². The highest BCUT2D eigenvalue weighted by Gasteiger charge is 2.14. The summed E-state index contributed by atoms with van der Waals surface area (Å²) in [6.07, 6.45) is 3.59. The molecule has 0 N–H and O–H groups in total. The normalized spacial score (nSPS) is 16.6. The van der Waals surface area contributed by atoms with Crippen LogP contribution in [0.3, 0.4) is 0 Å². The van der Waals surface area contributed by atoms with Crippen molar-refractivity contribution in [3.63, 3.8) is 0 Å². The average Bonchev–Trinajstić information content (AvgIpc) is 2.43. The third-order valence-corrected chi connectivity index (χ3v) is 3.62. The zero-order chi connectivity index (χ0) is 13.5. The molecule has 0 radical (unpaired) electrons.